The van der Waals surface area contributed by atoms with E-state index in [1.54, 1.807) is 17.3 Å². The number of aromatic nitrogens is 4. The van der Waals surface area contributed by atoms with Crippen LogP contribution < -0.4 is 0 Å². The monoisotopic (exact) mass is 458 g/mol. The van der Waals surface area contributed by atoms with E-state index in [0.717, 1.165) is 21.4 Å². The Kier molecular flexibility index (Phi) is 6.31. The molecule has 0 bridgehead atoms. The molecule has 4 rings (SSSR count). The van der Waals surface area contributed by atoms with Crippen molar-refractivity contribution in [2.45, 2.75) is 13.5 Å². The zero-order valence-electron chi connectivity index (χ0n) is 16.8. The van der Waals surface area contributed by atoms with Gasteiger partial charge in [-0.2, -0.15) is 9.78 Å². The molecule has 3 heterocycles. The van der Waals surface area contributed by atoms with Gasteiger partial charge in [-0.15, -0.1) is 0 Å². The molecule has 2 aromatic heterocycles. The molecular weight excluding hydrogens is 439 g/mol. The highest BCUT2D eigenvalue weighted by Crippen LogP contribution is 2.25. The topological polar surface area (TPSA) is 84.2 Å². The molecule has 0 N–H and O–H groups in total. The molecule has 1 amide bonds. The van der Waals surface area contributed by atoms with Gasteiger partial charge in [0.1, 0.15) is 12.0 Å². The normalized spacial score (nSPS) is 14.6. The van der Waals surface area contributed by atoms with E-state index in [2.05, 4.69) is 26.0 Å². The first kappa shape index (κ1) is 21.4. The van der Waals surface area contributed by atoms with Gasteiger partial charge in [0.2, 0.25) is 0 Å². The van der Waals surface area contributed by atoms with Crippen molar-refractivity contribution in [1.29, 1.82) is 0 Å². The summed E-state index contributed by atoms with van der Waals surface area (Å²) in [7, 11) is 0. The summed E-state index contributed by atoms with van der Waals surface area (Å²) in [5, 5.41) is 4.86. The van der Waals surface area contributed by atoms with Crippen molar-refractivity contribution in [3.8, 4) is 11.1 Å². The molecule has 0 atom stereocenters. The van der Waals surface area contributed by atoms with E-state index in [1.807, 2.05) is 12.1 Å². The van der Waals surface area contributed by atoms with Crippen LogP contribution in [0.25, 0.3) is 11.1 Å². The highest BCUT2D eigenvalue weighted by atomic mass is 35.5. The third-order valence-corrected chi connectivity index (χ3v) is 5.59. The number of hydrogen-bond acceptors (Lipinski definition) is 6. The number of carbonyl (C=O) groups is 2. The minimum atomic E-state index is -0.289. The Morgan fingerprint density at radius 1 is 1.00 bits per heavy atom. The Morgan fingerprint density at radius 3 is 2.35 bits per heavy atom. The summed E-state index contributed by atoms with van der Waals surface area (Å²) in [5.74, 6) is -0.274. The van der Waals surface area contributed by atoms with Gasteiger partial charge in [0, 0.05) is 62.6 Å². The van der Waals surface area contributed by atoms with Gasteiger partial charge in [0.15, 0.2) is 5.78 Å². The number of benzene rings is 1. The second-order valence-electron chi connectivity index (χ2n) is 7.35. The van der Waals surface area contributed by atoms with Crippen molar-refractivity contribution in [3.63, 3.8) is 0 Å². The van der Waals surface area contributed by atoms with E-state index < -0.39 is 0 Å². The number of nitrogens with zero attached hydrogens (tertiary/aromatic N) is 6. The van der Waals surface area contributed by atoms with Crippen LogP contribution in [0.5, 0.6) is 0 Å². The molecule has 31 heavy (non-hydrogen) atoms. The zero-order valence-corrected chi connectivity index (χ0v) is 18.3. The number of hydrogen-bond donors (Lipinski definition) is 0. The first-order valence-electron chi connectivity index (χ1n) is 9.73. The van der Waals surface area contributed by atoms with Crippen LogP contribution in [0.1, 0.15) is 23.0 Å². The van der Waals surface area contributed by atoms with Gasteiger partial charge in [0.05, 0.1) is 11.2 Å². The smallest absolute Gasteiger partial charge is 0.320 e. The maximum Gasteiger partial charge on any atom is 0.344 e. The van der Waals surface area contributed by atoms with E-state index >= 15 is 0 Å². The predicted molar refractivity (Wildman–Crippen MR) is 117 cm³/mol. The van der Waals surface area contributed by atoms with Crippen molar-refractivity contribution in [2.75, 3.05) is 26.2 Å². The predicted octanol–water partition coefficient (Wildman–Crippen LogP) is 3.64. The number of ketones is 1. The number of piperazine rings is 1. The maximum atomic E-state index is 12.7. The van der Waals surface area contributed by atoms with Gasteiger partial charge in [-0.1, -0.05) is 23.2 Å². The first-order chi connectivity index (χ1) is 14.9. The SMILES string of the molecule is CC(=O)c1nn(C(=O)N2CCN(Cc3cc(Cl)cc(-c4cncnc4)c3)CC2)cc1Cl. The van der Waals surface area contributed by atoms with Crippen LogP contribution >= 0.6 is 23.2 Å². The Hall–Kier alpha value is -2.81. The lowest BCUT2D eigenvalue weighted by atomic mass is 10.1. The Bertz CT molecular complexity index is 1110. The summed E-state index contributed by atoms with van der Waals surface area (Å²) in [6.45, 7) is 4.59. The van der Waals surface area contributed by atoms with Crippen LogP contribution in [0.4, 0.5) is 4.79 Å². The molecule has 0 saturated carbocycles. The average molecular weight is 459 g/mol. The number of carbonyl (C=O) groups excluding carboxylic acids is 2. The number of rotatable bonds is 4. The lowest BCUT2D eigenvalue weighted by Crippen LogP contribution is -2.49. The first-order valence-corrected chi connectivity index (χ1v) is 10.5. The molecule has 0 aliphatic carbocycles. The van der Waals surface area contributed by atoms with Gasteiger partial charge in [-0.05, 0) is 29.3 Å². The molecule has 160 valence electrons. The minimum Gasteiger partial charge on any atom is -0.320 e. The van der Waals surface area contributed by atoms with Crippen molar-refractivity contribution in [1.82, 2.24) is 29.5 Å². The van der Waals surface area contributed by atoms with Gasteiger partial charge in [0.25, 0.3) is 0 Å². The molecule has 8 nitrogen and oxygen atoms in total. The lowest BCUT2D eigenvalue weighted by Gasteiger charge is -2.34. The van der Waals surface area contributed by atoms with Crippen LogP contribution in [0.15, 0.2) is 43.1 Å². The van der Waals surface area contributed by atoms with Crippen LogP contribution in [0.3, 0.4) is 0 Å². The molecule has 0 radical (unpaired) electrons. The molecule has 1 aliphatic heterocycles. The standard InChI is InChI=1S/C21H20Cl2N6O2/c1-14(30)20-19(23)12-29(26-20)21(31)28-4-2-27(3-5-28)11-15-6-16(8-18(22)7-15)17-9-24-13-25-10-17/h6-10,12-13H,2-5,11H2,1H3. The number of amides is 1. The Morgan fingerprint density at radius 2 is 1.71 bits per heavy atom. The minimum absolute atomic E-state index is 0.106. The fourth-order valence-electron chi connectivity index (χ4n) is 3.55. The van der Waals surface area contributed by atoms with E-state index in [-0.39, 0.29) is 22.5 Å². The second kappa shape index (κ2) is 9.13. The molecule has 0 unspecified atom stereocenters. The maximum absolute atomic E-state index is 12.7. The molecule has 1 aliphatic rings. The van der Waals surface area contributed by atoms with E-state index in [4.69, 9.17) is 23.2 Å². The molecular formula is C21H20Cl2N6O2. The van der Waals surface area contributed by atoms with Gasteiger partial charge in [-0.25, -0.2) is 14.8 Å². The van der Waals surface area contributed by atoms with E-state index in [1.165, 1.54) is 19.4 Å². The molecule has 1 saturated heterocycles. The van der Waals surface area contributed by atoms with Crippen LogP contribution in [-0.4, -0.2) is 67.5 Å². The van der Waals surface area contributed by atoms with Crippen molar-refractivity contribution in [3.05, 3.63) is 64.4 Å². The van der Waals surface area contributed by atoms with Gasteiger partial charge >= 0.3 is 6.03 Å². The molecule has 3 aromatic rings. The summed E-state index contributed by atoms with van der Waals surface area (Å²) >= 11 is 12.3. The Balaban J connectivity index is 1.39. The lowest BCUT2D eigenvalue weighted by molar-refractivity contribution is 0.101. The molecule has 1 fully saturated rings. The van der Waals surface area contributed by atoms with E-state index in [0.29, 0.717) is 37.7 Å². The average Bonchev–Trinajstić information content (AvgIpc) is 3.16. The quantitative estimate of drug-likeness (QED) is 0.554. The van der Waals surface area contributed by atoms with Crippen molar-refractivity contribution in [2.24, 2.45) is 0 Å². The van der Waals surface area contributed by atoms with Crippen molar-refractivity contribution >= 4 is 35.0 Å². The fourth-order valence-corrected chi connectivity index (χ4v) is 4.07. The van der Waals surface area contributed by atoms with E-state index in [9.17, 15) is 9.59 Å². The summed E-state index contributed by atoms with van der Waals surface area (Å²) in [5.41, 5.74) is 3.06. The highest BCUT2D eigenvalue weighted by molar-refractivity contribution is 6.33. The third-order valence-electron chi connectivity index (χ3n) is 5.10. The third kappa shape index (κ3) is 4.92. The number of halogens is 2. The van der Waals surface area contributed by atoms with Gasteiger partial charge in [-0.3, -0.25) is 9.69 Å². The fraction of sp³-hybridized carbons (Fsp3) is 0.286. The van der Waals surface area contributed by atoms with Crippen LogP contribution in [-0.2, 0) is 6.54 Å². The zero-order chi connectivity index (χ0) is 22.0. The molecule has 10 heteroatoms. The molecule has 1 aromatic carbocycles. The highest BCUT2D eigenvalue weighted by Gasteiger charge is 2.24. The summed E-state index contributed by atoms with van der Waals surface area (Å²) < 4.78 is 1.14. The number of Topliss-reactive ketones (excluding diaryl/α,β-unsaturated/α-hetero) is 1. The summed E-state index contributed by atoms with van der Waals surface area (Å²) in [6, 6.07) is 5.63. The second-order valence-corrected chi connectivity index (χ2v) is 8.19. The summed E-state index contributed by atoms with van der Waals surface area (Å²) in [6.07, 6.45) is 6.39. The largest absolute Gasteiger partial charge is 0.344 e. The molecule has 0 spiro atoms. The Labute approximate surface area is 189 Å². The van der Waals surface area contributed by atoms with Crippen LogP contribution in [0, 0.1) is 0 Å². The van der Waals surface area contributed by atoms with Gasteiger partial charge < -0.3 is 4.90 Å². The van der Waals surface area contributed by atoms with Crippen molar-refractivity contribution < 1.29 is 9.59 Å². The van der Waals surface area contributed by atoms with Crippen LogP contribution in [0.2, 0.25) is 10.0 Å². The summed E-state index contributed by atoms with van der Waals surface area (Å²) in [4.78, 5) is 36.3.